The number of hydrogen-bond donors (Lipinski definition) is 0. The van der Waals surface area contributed by atoms with Crippen molar-refractivity contribution in [3.63, 3.8) is 0 Å². The summed E-state index contributed by atoms with van der Waals surface area (Å²) in [5.74, 6) is 0. The van der Waals surface area contributed by atoms with Gasteiger partial charge in [-0.15, -0.1) is 0 Å². The first-order valence-corrected chi connectivity index (χ1v) is 33.9. The van der Waals surface area contributed by atoms with Crippen molar-refractivity contribution >= 4 is 123 Å². The molecule has 0 N–H and O–H groups in total. The van der Waals surface area contributed by atoms with E-state index in [2.05, 4.69) is 360 Å². The molecule has 0 unspecified atom stereocenters. The second kappa shape index (κ2) is 21.2. The van der Waals surface area contributed by atoms with Gasteiger partial charge < -0.3 is 23.4 Å². The van der Waals surface area contributed by atoms with Crippen molar-refractivity contribution in [3.8, 4) is 44.8 Å². The van der Waals surface area contributed by atoms with Gasteiger partial charge in [0.1, 0.15) is 5.58 Å². The van der Waals surface area contributed by atoms with Crippen molar-refractivity contribution in [2.24, 2.45) is 0 Å². The molecule has 6 heteroatoms. The first-order chi connectivity index (χ1) is 46.5. The third kappa shape index (κ3) is 8.84. The van der Waals surface area contributed by atoms with Gasteiger partial charge in [0.05, 0.1) is 33.4 Å². The molecule has 0 saturated heterocycles. The summed E-state index contributed by atoms with van der Waals surface area (Å²) in [5, 5.41) is 7.04. The molecule has 13 aromatic carbocycles. The van der Waals surface area contributed by atoms with Crippen molar-refractivity contribution in [3.05, 3.63) is 296 Å². The van der Waals surface area contributed by atoms with Gasteiger partial charge in [-0.25, -0.2) is 0 Å². The minimum Gasteiger partial charge on any atom is -0.454 e. The molecule has 0 spiro atoms. The van der Waals surface area contributed by atoms with Crippen molar-refractivity contribution in [1.29, 1.82) is 0 Å². The van der Waals surface area contributed by atoms with Crippen molar-refractivity contribution in [1.82, 2.24) is 9.13 Å². The van der Waals surface area contributed by atoms with E-state index in [0.29, 0.717) is 0 Å². The maximum atomic E-state index is 7.19. The molecule has 0 fully saturated rings. The Kier molecular flexibility index (Phi) is 12.7. The van der Waals surface area contributed by atoms with Gasteiger partial charge in [-0.2, -0.15) is 0 Å². The molecule has 0 amide bonds. The van der Waals surface area contributed by atoms with Gasteiger partial charge in [0.2, 0.25) is 0 Å². The number of hydrogen-bond acceptors (Lipinski definition) is 3. The fourth-order valence-corrected chi connectivity index (χ4v) is 15.9. The molecule has 2 aliphatic heterocycles. The Morgan fingerprint density at radius 1 is 0.302 bits per heavy atom. The smallest absolute Gasteiger partial charge is 0.252 e. The van der Waals surface area contributed by atoms with Crippen LogP contribution in [0.4, 0.5) is 34.1 Å². The predicted molar refractivity (Wildman–Crippen MR) is 409 cm³/mol. The molecule has 0 radical (unpaired) electrons. The van der Waals surface area contributed by atoms with E-state index in [1.807, 2.05) is 0 Å². The Morgan fingerprint density at radius 2 is 0.781 bits per heavy atom. The van der Waals surface area contributed by atoms with E-state index in [1.54, 1.807) is 0 Å². The lowest BCUT2D eigenvalue weighted by molar-refractivity contribution is 0.569. The van der Waals surface area contributed by atoms with Gasteiger partial charge in [-0.3, -0.25) is 0 Å². The predicted octanol–water partition coefficient (Wildman–Crippen LogP) is 22.8. The fourth-order valence-electron chi connectivity index (χ4n) is 15.9. The number of anilines is 6. The molecule has 96 heavy (non-hydrogen) atoms. The second-order valence-corrected chi connectivity index (χ2v) is 29.7. The number of para-hydroxylation sites is 6. The van der Waals surface area contributed by atoms with Crippen LogP contribution in [-0.2, 0) is 16.2 Å². The van der Waals surface area contributed by atoms with Crippen LogP contribution in [0.2, 0.25) is 0 Å². The summed E-state index contributed by atoms with van der Waals surface area (Å²) in [6, 6.07) is 105. The van der Waals surface area contributed by atoms with Crippen molar-refractivity contribution < 1.29 is 4.42 Å². The topological polar surface area (TPSA) is 29.5 Å². The standard InChI is InChI=1S/C90H73BN4O/c1-88(2,3)60-49-59(50-61(52-60)89(4,5)6)58-43-47-73-78(51-58)94(77-41-26-38-72-69-35-21-24-42-82(69)96-87(72)77)80-53-62(90(7,8)9)54-81-83(80)91(73)74-48-44-64(55-79(74)95(81)84-65(56-27-13-10-14-28-56)36-25-37-66(84)57-29-15-11-16-30-57)93-76-40-23-20-34-68(76)71-46-45-70-67-33-19-22-39-75(67)92(85(70)86(71)93)63-31-17-12-18-32-63/h10-55H,1-9H3. The molecule has 5 heterocycles. The van der Waals surface area contributed by atoms with Crippen LogP contribution in [-0.4, -0.2) is 15.8 Å². The summed E-state index contributed by atoms with van der Waals surface area (Å²) in [6.45, 7) is 20.9. The van der Waals surface area contributed by atoms with Crippen LogP contribution < -0.4 is 26.2 Å². The number of benzene rings is 13. The molecular formula is C90H73BN4O. The number of furan rings is 1. The number of aromatic nitrogens is 2. The maximum Gasteiger partial charge on any atom is 0.252 e. The Hall–Kier alpha value is -11.1. The van der Waals surface area contributed by atoms with Crippen LogP contribution in [0.3, 0.4) is 0 Å². The lowest BCUT2D eigenvalue weighted by atomic mass is 9.33. The Bertz CT molecular complexity index is 5760. The van der Waals surface area contributed by atoms with E-state index in [9.17, 15) is 0 Å². The quantitative estimate of drug-likeness (QED) is 0.149. The molecule has 16 aromatic rings. The normalized spacial score (nSPS) is 13.2. The van der Waals surface area contributed by atoms with Crippen molar-refractivity contribution in [2.45, 2.75) is 78.6 Å². The average molecular weight is 1240 g/mol. The summed E-state index contributed by atoms with van der Waals surface area (Å²) >= 11 is 0. The molecule has 5 nitrogen and oxygen atoms in total. The van der Waals surface area contributed by atoms with Crippen LogP contribution in [0, 0.1) is 0 Å². The van der Waals surface area contributed by atoms with E-state index in [4.69, 9.17) is 4.42 Å². The van der Waals surface area contributed by atoms with Crippen LogP contribution in [0.5, 0.6) is 0 Å². The van der Waals surface area contributed by atoms with Gasteiger partial charge in [0.15, 0.2) is 5.58 Å². The lowest BCUT2D eigenvalue weighted by Gasteiger charge is -2.46. The molecule has 0 bridgehead atoms. The maximum absolute atomic E-state index is 7.19. The van der Waals surface area contributed by atoms with Gasteiger partial charge in [-0.05, 0) is 138 Å². The molecular weight excluding hydrogens is 1160 g/mol. The summed E-state index contributed by atoms with van der Waals surface area (Å²) in [4.78, 5) is 5.27. The highest BCUT2D eigenvalue weighted by molar-refractivity contribution is 7.00. The van der Waals surface area contributed by atoms with Crippen LogP contribution in [0.15, 0.2) is 283 Å². The second-order valence-electron chi connectivity index (χ2n) is 29.7. The van der Waals surface area contributed by atoms with E-state index < -0.39 is 0 Å². The van der Waals surface area contributed by atoms with Gasteiger partial charge in [0, 0.05) is 77.6 Å². The van der Waals surface area contributed by atoms with Gasteiger partial charge in [-0.1, -0.05) is 275 Å². The number of fused-ring (bicyclic) bond motifs is 14. The summed E-state index contributed by atoms with van der Waals surface area (Å²) < 4.78 is 12.3. The highest BCUT2D eigenvalue weighted by Crippen LogP contribution is 2.54. The summed E-state index contributed by atoms with van der Waals surface area (Å²) in [6.07, 6.45) is 0. The molecule has 0 atom stereocenters. The SMILES string of the molecule is CC(C)(C)c1cc(-c2ccc3c(c2)N(c2cccc4c2oc2ccccc24)c2cc(C(C)(C)C)cc4c2B3c2ccc(-n3c5ccccc5c5ccc6c7ccccc7n(-c7ccccc7)c6c53)cc2N4c2c(-c3ccccc3)cccc2-c2ccccc2)cc(C(C)(C)C)c1. The van der Waals surface area contributed by atoms with Crippen LogP contribution >= 0.6 is 0 Å². The van der Waals surface area contributed by atoms with Crippen LogP contribution in [0.25, 0.3) is 110 Å². The Balaban J connectivity index is 0.999. The summed E-state index contributed by atoms with van der Waals surface area (Å²) in [7, 11) is 0. The van der Waals surface area contributed by atoms with E-state index in [-0.39, 0.29) is 23.0 Å². The number of rotatable bonds is 7. The fraction of sp³-hybridized carbons (Fsp3) is 0.133. The van der Waals surface area contributed by atoms with E-state index >= 15 is 0 Å². The monoisotopic (exact) mass is 1240 g/mol. The molecule has 2 aliphatic rings. The van der Waals surface area contributed by atoms with Gasteiger partial charge in [0.25, 0.3) is 6.71 Å². The zero-order valence-electron chi connectivity index (χ0n) is 55.8. The Labute approximate surface area is 561 Å². The zero-order valence-corrected chi connectivity index (χ0v) is 55.8. The third-order valence-corrected chi connectivity index (χ3v) is 20.7. The largest absolute Gasteiger partial charge is 0.454 e. The third-order valence-electron chi connectivity index (χ3n) is 20.7. The first kappa shape index (κ1) is 57.6. The summed E-state index contributed by atoms with van der Waals surface area (Å²) in [5.41, 5.74) is 29.3. The highest BCUT2D eigenvalue weighted by Gasteiger charge is 2.46. The molecule has 462 valence electrons. The van der Waals surface area contributed by atoms with Crippen LogP contribution in [0.1, 0.15) is 79.0 Å². The van der Waals surface area contributed by atoms with Gasteiger partial charge >= 0.3 is 0 Å². The minimum absolute atomic E-state index is 0.0759. The lowest BCUT2D eigenvalue weighted by Crippen LogP contribution is -2.61. The molecule has 0 saturated carbocycles. The highest BCUT2D eigenvalue weighted by atomic mass is 16.3. The van der Waals surface area contributed by atoms with E-state index in [1.165, 1.54) is 82.3 Å². The molecule has 18 rings (SSSR count). The Morgan fingerprint density at radius 3 is 1.38 bits per heavy atom. The average Bonchev–Trinajstić information content (AvgIpc) is 0.898. The van der Waals surface area contributed by atoms with Crippen molar-refractivity contribution in [2.75, 3.05) is 9.80 Å². The molecule has 0 aliphatic carbocycles. The zero-order chi connectivity index (χ0) is 65.1. The minimum atomic E-state index is -0.294. The molecule has 3 aromatic heterocycles. The first-order valence-electron chi connectivity index (χ1n) is 33.9. The van der Waals surface area contributed by atoms with E-state index in [0.717, 1.165) is 95.2 Å². The number of nitrogens with zero attached hydrogens (tertiary/aromatic N) is 4.